The molecule has 27 heavy (non-hydrogen) atoms. The number of aromatic nitrogens is 2. The Balaban J connectivity index is 1.61. The normalized spacial score (nSPS) is 32.0. The lowest BCUT2D eigenvalue weighted by molar-refractivity contribution is -0.137. The van der Waals surface area contributed by atoms with E-state index in [4.69, 9.17) is 4.74 Å². The lowest BCUT2D eigenvalue weighted by atomic mass is 9.70. The predicted molar refractivity (Wildman–Crippen MR) is 92.5 cm³/mol. The van der Waals surface area contributed by atoms with Crippen LogP contribution >= 0.6 is 0 Å². The maximum Gasteiger partial charge on any atom is 0.239 e. The summed E-state index contributed by atoms with van der Waals surface area (Å²) in [4.78, 5) is 14.7. The van der Waals surface area contributed by atoms with Gasteiger partial charge in [-0.1, -0.05) is 13.0 Å². The van der Waals surface area contributed by atoms with Gasteiger partial charge in [0.2, 0.25) is 17.5 Å². The fraction of sp³-hybridized carbons (Fsp3) is 0.450. The van der Waals surface area contributed by atoms with Gasteiger partial charge in [-0.3, -0.25) is 4.79 Å². The number of hydrogen-bond acceptors (Lipinski definition) is 4. The molecule has 7 heteroatoms. The molecule has 5 nitrogen and oxygen atoms in total. The van der Waals surface area contributed by atoms with E-state index in [0.29, 0.717) is 5.69 Å². The molecule has 1 aromatic heterocycles. The Morgan fingerprint density at radius 3 is 2.52 bits per heavy atom. The Morgan fingerprint density at radius 1 is 1.19 bits per heavy atom. The highest BCUT2D eigenvalue weighted by atomic mass is 19.1. The Morgan fingerprint density at radius 2 is 1.89 bits per heavy atom. The number of nitrogens with zero attached hydrogens (tertiary/aromatic N) is 3. The molecule has 2 bridgehead atoms. The number of carbonyl (C=O) groups excluding carboxylic acids is 1. The third kappa shape index (κ3) is 1.71. The van der Waals surface area contributed by atoms with E-state index >= 15 is 0 Å². The maximum atomic E-state index is 13.9. The summed E-state index contributed by atoms with van der Waals surface area (Å²) in [6.45, 7) is 2.14. The third-order valence-corrected chi connectivity index (χ3v) is 7.04. The molecule has 2 fully saturated rings. The van der Waals surface area contributed by atoms with Crippen molar-refractivity contribution in [1.29, 1.82) is 0 Å². The maximum absolute atomic E-state index is 13.9. The van der Waals surface area contributed by atoms with Crippen LogP contribution in [-0.4, -0.2) is 35.1 Å². The first-order chi connectivity index (χ1) is 12.8. The van der Waals surface area contributed by atoms with Crippen LogP contribution in [0.25, 0.3) is 0 Å². The number of benzene rings is 1. The number of para-hydroxylation sites is 1. The minimum absolute atomic E-state index is 0.0429. The SMILES string of the molecule is CN(C)C(=O)[C@]12CCC3(CC31C)c1cc(Oc3c(F)cccc3F)nnc12. The molecule has 5 rings (SSSR count). The zero-order valence-corrected chi connectivity index (χ0v) is 15.3. The van der Waals surface area contributed by atoms with Crippen LogP contribution in [0.2, 0.25) is 0 Å². The van der Waals surface area contributed by atoms with Gasteiger partial charge >= 0.3 is 0 Å². The van der Waals surface area contributed by atoms with E-state index in [1.165, 1.54) is 6.07 Å². The van der Waals surface area contributed by atoms with Gasteiger partial charge in [-0.05, 0) is 42.4 Å². The zero-order chi connectivity index (χ0) is 19.2. The fourth-order valence-electron chi connectivity index (χ4n) is 5.68. The second-order valence-corrected chi connectivity index (χ2v) is 8.29. The Kier molecular flexibility index (Phi) is 2.96. The first-order valence-corrected chi connectivity index (χ1v) is 8.99. The van der Waals surface area contributed by atoms with Crippen LogP contribution in [0.15, 0.2) is 24.3 Å². The molecule has 3 aliphatic rings. The molecule has 1 heterocycles. The molecule has 1 amide bonds. The van der Waals surface area contributed by atoms with Crippen molar-refractivity contribution in [3.05, 3.63) is 47.2 Å². The lowest BCUT2D eigenvalue weighted by Gasteiger charge is -2.36. The topological polar surface area (TPSA) is 55.3 Å². The van der Waals surface area contributed by atoms with Crippen LogP contribution in [0, 0.1) is 17.0 Å². The van der Waals surface area contributed by atoms with Gasteiger partial charge in [0.15, 0.2) is 11.6 Å². The molecule has 0 radical (unpaired) electrons. The molecular formula is C20H19F2N3O2. The quantitative estimate of drug-likeness (QED) is 0.831. The molecule has 2 unspecified atom stereocenters. The van der Waals surface area contributed by atoms with Crippen molar-refractivity contribution < 1.29 is 18.3 Å². The van der Waals surface area contributed by atoms with E-state index in [1.807, 2.05) is 0 Å². The summed E-state index contributed by atoms with van der Waals surface area (Å²) in [7, 11) is 3.51. The van der Waals surface area contributed by atoms with Gasteiger partial charge in [-0.2, -0.15) is 5.10 Å². The van der Waals surface area contributed by atoms with Crippen molar-refractivity contribution in [3.63, 3.8) is 0 Å². The predicted octanol–water partition coefficient (Wildman–Crippen LogP) is 3.33. The number of halogens is 2. The Bertz CT molecular complexity index is 986. The van der Waals surface area contributed by atoms with Gasteiger partial charge in [0.05, 0.1) is 11.1 Å². The van der Waals surface area contributed by atoms with Gasteiger partial charge in [-0.15, -0.1) is 5.10 Å². The number of amides is 1. The highest BCUT2D eigenvalue weighted by Crippen LogP contribution is 2.85. The van der Waals surface area contributed by atoms with E-state index in [-0.39, 0.29) is 22.6 Å². The van der Waals surface area contributed by atoms with Crippen LogP contribution < -0.4 is 4.74 Å². The fourth-order valence-corrected chi connectivity index (χ4v) is 5.68. The van der Waals surface area contributed by atoms with Crippen LogP contribution in [0.5, 0.6) is 11.6 Å². The summed E-state index contributed by atoms with van der Waals surface area (Å²) in [6, 6.07) is 5.24. The highest BCUT2D eigenvalue weighted by Gasteiger charge is 2.86. The van der Waals surface area contributed by atoms with Gasteiger partial charge in [0.1, 0.15) is 0 Å². The molecule has 3 atom stereocenters. The molecule has 3 aliphatic carbocycles. The zero-order valence-electron chi connectivity index (χ0n) is 15.3. The molecule has 0 saturated heterocycles. The van der Waals surface area contributed by atoms with Crippen molar-refractivity contribution in [1.82, 2.24) is 15.1 Å². The number of carbonyl (C=O) groups is 1. The number of rotatable bonds is 3. The van der Waals surface area contributed by atoms with E-state index in [1.54, 1.807) is 25.1 Å². The second-order valence-electron chi connectivity index (χ2n) is 8.29. The van der Waals surface area contributed by atoms with Crippen LogP contribution in [0.3, 0.4) is 0 Å². The van der Waals surface area contributed by atoms with Crippen LogP contribution in [-0.2, 0) is 15.6 Å². The van der Waals surface area contributed by atoms with Gasteiger partial charge in [-0.25, -0.2) is 8.78 Å². The third-order valence-electron chi connectivity index (χ3n) is 7.04. The van der Waals surface area contributed by atoms with Crippen molar-refractivity contribution in [2.75, 3.05) is 14.1 Å². The first kappa shape index (κ1) is 16.6. The summed E-state index contributed by atoms with van der Waals surface area (Å²) >= 11 is 0. The summed E-state index contributed by atoms with van der Waals surface area (Å²) in [5, 5.41) is 8.37. The van der Waals surface area contributed by atoms with E-state index < -0.39 is 22.8 Å². The molecule has 1 aromatic carbocycles. The minimum atomic E-state index is -0.799. The van der Waals surface area contributed by atoms with Gasteiger partial charge < -0.3 is 9.64 Å². The van der Waals surface area contributed by atoms with Crippen LogP contribution in [0.4, 0.5) is 8.78 Å². The average molecular weight is 371 g/mol. The monoisotopic (exact) mass is 371 g/mol. The van der Waals surface area contributed by atoms with Crippen molar-refractivity contribution >= 4 is 5.91 Å². The number of ether oxygens (including phenoxy) is 1. The Labute approximate surface area is 155 Å². The second kappa shape index (κ2) is 4.82. The minimum Gasteiger partial charge on any atom is -0.431 e. The molecule has 2 aromatic rings. The average Bonchev–Trinajstić information content (AvgIpc) is 3.11. The number of hydrogen-bond donors (Lipinski definition) is 0. The molecule has 0 aliphatic heterocycles. The first-order valence-electron chi connectivity index (χ1n) is 8.99. The summed E-state index contributed by atoms with van der Waals surface area (Å²) in [6.07, 6.45) is 2.56. The summed E-state index contributed by atoms with van der Waals surface area (Å²) in [5.74, 6) is -2.00. The molecular weight excluding hydrogens is 352 g/mol. The lowest BCUT2D eigenvalue weighted by Crippen LogP contribution is -2.47. The van der Waals surface area contributed by atoms with Crippen molar-refractivity contribution in [2.45, 2.75) is 37.0 Å². The molecule has 0 N–H and O–H groups in total. The van der Waals surface area contributed by atoms with E-state index in [0.717, 1.165) is 37.0 Å². The number of fused-ring (bicyclic) bond motifs is 2. The smallest absolute Gasteiger partial charge is 0.239 e. The summed E-state index contributed by atoms with van der Waals surface area (Å²) < 4.78 is 33.2. The largest absolute Gasteiger partial charge is 0.431 e. The van der Waals surface area contributed by atoms with E-state index in [9.17, 15) is 13.6 Å². The standard InChI is InChI=1S/C20H19F2N3O2/c1-18-10-19(18)7-8-20(18,17(26)25(2)3)16-11(19)9-14(23-24-16)27-15-12(21)5-4-6-13(15)22/h4-6,9H,7-8,10H2,1-3H3/t18?,19?,20-/m1/s1. The molecule has 140 valence electrons. The Hall–Kier alpha value is -2.57. The molecule has 2 saturated carbocycles. The van der Waals surface area contributed by atoms with Gasteiger partial charge in [0.25, 0.3) is 0 Å². The molecule has 0 spiro atoms. The summed E-state index contributed by atoms with van der Waals surface area (Å²) in [5.41, 5.74) is 0.673. The van der Waals surface area contributed by atoms with E-state index in [2.05, 4.69) is 17.1 Å². The van der Waals surface area contributed by atoms with Gasteiger partial charge in [0, 0.05) is 25.6 Å². The van der Waals surface area contributed by atoms with Crippen molar-refractivity contribution in [3.8, 4) is 11.6 Å². The van der Waals surface area contributed by atoms with Crippen molar-refractivity contribution in [2.24, 2.45) is 5.41 Å². The number of likely N-dealkylation sites (N-methyl/N-ethyl adjacent to an activating group) is 1. The highest BCUT2D eigenvalue weighted by molar-refractivity contribution is 5.93. The van der Waals surface area contributed by atoms with Crippen LogP contribution in [0.1, 0.15) is 37.4 Å².